The lowest BCUT2D eigenvalue weighted by Crippen LogP contribution is -2.25. The molecule has 4 aromatic rings. The van der Waals surface area contributed by atoms with Gasteiger partial charge in [-0.1, -0.05) is 12.1 Å². The van der Waals surface area contributed by atoms with Gasteiger partial charge in [-0.2, -0.15) is 5.10 Å². The Morgan fingerprint density at radius 2 is 2.25 bits per heavy atom. The van der Waals surface area contributed by atoms with E-state index in [-0.39, 0.29) is 11.9 Å². The zero-order valence-corrected chi connectivity index (χ0v) is 15.7. The number of nitrogens with zero attached hydrogens (tertiary/aromatic N) is 4. The average molecular weight is 374 g/mol. The molecule has 3 aromatic heterocycles. The van der Waals surface area contributed by atoms with Crippen molar-refractivity contribution in [1.29, 1.82) is 0 Å². The van der Waals surface area contributed by atoms with Gasteiger partial charge in [0.2, 0.25) is 0 Å². The molecule has 28 heavy (non-hydrogen) atoms. The van der Waals surface area contributed by atoms with Gasteiger partial charge in [0.15, 0.2) is 5.65 Å². The highest BCUT2D eigenvalue weighted by molar-refractivity contribution is 5.99. The molecule has 1 saturated heterocycles. The Kier molecular flexibility index (Phi) is 4.09. The van der Waals surface area contributed by atoms with Gasteiger partial charge in [0.25, 0.3) is 5.91 Å². The second-order valence-corrected chi connectivity index (χ2v) is 7.23. The second-order valence-electron chi connectivity index (χ2n) is 7.23. The fourth-order valence-corrected chi connectivity index (χ4v) is 4.31. The van der Waals surface area contributed by atoms with Crippen LogP contribution in [0.25, 0.3) is 16.6 Å². The number of nitrogens with one attached hydrogen (secondary N) is 2. The molecular formula is C21H22N6O. The molecule has 1 aromatic carbocycles. The van der Waals surface area contributed by atoms with Crippen LogP contribution in [0.3, 0.4) is 0 Å². The summed E-state index contributed by atoms with van der Waals surface area (Å²) >= 11 is 0. The van der Waals surface area contributed by atoms with E-state index in [0.717, 1.165) is 31.6 Å². The van der Waals surface area contributed by atoms with Crippen molar-refractivity contribution in [3.8, 4) is 0 Å². The van der Waals surface area contributed by atoms with Crippen molar-refractivity contribution in [3.05, 3.63) is 65.7 Å². The number of amides is 1. The van der Waals surface area contributed by atoms with Crippen LogP contribution < -0.4 is 5.32 Å². The molecule has 0 aliphatic carbocycles. The highest BCUT2D eigenvalue weighted by Crippen LogP contribution is 2.34. The van der Waals surface area contributed by atoms with E-state index in [1.807, 2.05) is 16.8 Å². The highest BCUT2D eigenvalue weighted by Gasteiger charge is 2.29. The summed E-state index contributed by atoms with van der Waals surface area (Å²) in [5.74, 6) is -0.165. The first-order chi connectivity index (χ1) is 13.8. The summed E-state index contributed by atoms with van der Waals surface area (Å²) in [5.41, 5.74) is 4.69. The van der Waals surface area contributed by atoms with Crippen molar-refractivity contribution in [2.24, 2.45) is 0 Å². The molecule has 1 aliphatic rings. The Bertz CT molecular complexity index is 1160. The third-order valence-corrected chi connectivity index (χ3v) is 5.67. The van der Waals surface area contributed by atoms with Crippen LogP contribution in [-0.2, 0) is 6.54 Å². The van der Waals surface area contributed by atoms with Gasteiger partial charge >= 0.3 is 0 Å². The number of benzene rings is 1. The van der Waals surface area contributed by atoms with Gasteiger partial charge in [0.05, 0.1) is 17.9 Å². The fourth-order valence-electron chi connectivity index (χ4n) is 4.31. The zero-order valence-electron chi connectivity index (χ0n) is 15.7. The van der Waals surface area contributed by atoms with Gasteiger partial charge in [0, 0.05) is 36.9 Å². The number of rotatable bonds is 4. The molecule has 142 valence electrons. The average Bonchev–Trinajstić information content (AvgIpc) is 3.46. The summed E-state index contributed by atoms with van der Waals surface area (Å²) in [4.78, 5) is 22.3. The molecule has 7 nitrogen and oxygen atoms in total. The molecule has 0 spiro atoms. The summed E-state index contributed by atoms with van der Waals surface area (Å²) in [6.45, 7) is 1.92. The monoisotopic (exact) mass is 374 g/mol. The topological polar surface area (TPSA) is 78.3 Å². The van der Waals surface area contributed by atoms with E-state index in [4.69, 9.17) is 0 Å². The van der Waals surface area contributed by atoms with Crippen molar-refractivity contribution < 1.29 is 4.79 Å². The quantitative estimate of drug-likeness (QED) is 0.576. The standard InChI is InChI=1S/C21H22N6O/c1-22-21(28)16-12-25-27-19(8-10-24-20(16)27)18-6-3-11-26(18)13-14-4-2-5-17-15(14)7-9-23-17/h2,4-5,7-10,12,18,23H,3,6,11,13H2,1H3,(H,22,28). The molecule has 0 saturated carbocycles. The van der Waals surface area contributed by atoms with Crippen LogP contribution in [0.2, 0.25) is 0 Å². The number of carbonyl (C=O) groups excluding carboxylic acids is 1. The Balaban J connectivity index is 1.51. The van der Waals surface area contributed by atoms with E-state index in [2.05, 4.69) is 49.5 Å². The van der Waals surface area contributed by atoms with Crippen LogP contribution in [0, 0.1) is 0 Å². The summed E-state index contributed by atoms with van der Waals surface area (Å²) < 4.78 is 1.82. The van der Waals surface area contributed by atoms with Gasteiger partial charge < -0.3 is 10.3 Å². The number of aromatic amines is 1. The zero-order chi connectivity index (χ0) is 19.1. The maximum atomic E-state index is 12.1. The molecule has 1 fully saturated rings. The van der Waals surface area contributed by atoms with E-state index < -0.39 is 0 Å². The van der Waals surface area contributed by atoms with Crippen LogP contribution >= 0.6 is 0 Å². The number of carbonyl (C=O) groups is 1. The Morgan fingerprint density at radius 3 is 3.14 bits per heavy atom. The van der Waals surface area contributed by atoms with Crippen molar-refractivity contribution in [1.82, 2.24) is 29.8 Å². The maximum absolute atomic E-state index is 12.1. The third-order valence-electron chi connectivity index (χ3n) is 5.67. The van der Waals surface area contributed by atoms with Gasteiger partial charge in [-0.15, -0.1) is 0 Å². The van der Waals surface area contributed by atoms with Crippen LogP contribution in [0.15, 0.2) is 48.9 Å². The first-order valence-electron chi connectivity index (χ1n) is 9.60. The molecule has 1 amide bonds. The van der Waals surface area contributed by atoms with Crippen molar-refractivity contribution in [3.63, 3.8) is 0 Å². The van der Waals surface area contributed by atoms with E-state index in [1.165, 1.54) is 16.5 Å². The minimum absolute atomic E-state index is 0.165. The van der Waals surface area contributed by atoms with Gasteiger partial charge in [0.1, 0.15) is 5.56 Å². The lowest BCUT2D eigenvalue weighted by atomic mass is 10.1. The van der Waals surface area contributed by atoms with Crippen molar-refractivity contribution in [2.75, 3.05) is 13.6 Å². The molecule has 5 rings (SSSR count). The Hall–Kier alpha value is -3.19. The molecule has 7 heteroatoms. The lowest BCUT2D eigenvalue weighted by Gasteiger charge is -2.25. The maximum Gasteiger partial charge on any atom is 0.256 e. The lowest BCUT2D eigenvalue weighted by molar-refractivity contribution is 0.0964. The van der Waals surface area contributed by atoms with Gasteiger partial charge in [-0.3, -0.25) is 9.69 Å². The smallest absolute Gasteiger partial charge is 0.256 e. The summed E-state index contributed by atoms with van der Waals surface area (Å²) in [6.07, 6.45) is 7.58. The molecule has 1 aliphatic heterocycles. The largest absolute Gasteiger partial charge is 0.361 e. The molecule has 0 bridgehead atoms. The molecule has 4 heterocycles. The predicted octanol–water partition coefficient (Wildman–Crippen LogP) is 2.91. The normalized spacial score (nSPS) is 17.5. The molecule has 1 unspecified atom stereocenters. The van der Waals surface area contributed by atoms with E-state index >= 15 is 0 Å². The summed E-state index contributed by atoms with van der Waals surface area (Å²) in [5, 5.41) is 8.41. The van der Waals surface area contributed by atoms with E-state index in [0.29, 0.717) is 11.2 Å². The number of likely N-dealkylation sites (tertiary alicyclic amines) is 1. The van der Waals surface area contributed by atoms with E-state index in [9.17, 15) is 4.79 Å². The van der Waals surface area contributed by atoms with Crippen LogP contribution in [0.1, 0.15) is 40.5 Å². The second kappa shape index (κ2) is 6.76. The third kappa shape index (κ3) is 2.66. The molecule has 1 atom stereocenters. The summed E-state index contributed by atoms with van der Waals surface area (Å²) in [7, 11) is 1.62. The molecular weight excluding hydrogens is 352 g/mol. The predicted molar refractivity (Wildman–Crippen MR) is 107 cm³/mol. The number of fused-ring (bicyclic) bond motifs is 2. The molecule has 2 N–H and O–H groups in total. The fraction of sp³-hybridized carbons (Fsp3) is 0.286. The van der Waals surface area contributed by atoms with Crippen molar-refractivity contribution in [2.45, 2.75) is 25.4 Å². The van der Waals surface area contributed by atoms with Gasteiger partial charge in [-0.05, 0) is 43.1 Å². The highest BCUT2D eigenvalue weighted by atomic mass is 16.1. The Morgan fingerprint density at radius 1 is 1.32 bits per heavy atom. The first kappa shape index (κ1) is 16.9. The first-order valence-corrected chi connectivity index (χ1v) is 9.60. The number of hydrogen-bond acceptors (Lipinski definition) is 4. The van der Waals surface area contributed by atoms with E-state index in [1.54, 1.807) is 19.4 Å². The Labute approximate surface area is 162 Å². The summed E-state index contributed by atoms with van der Waals surface area (Å²) in [6, 6.07) is 10.8. The SMILES string of the molecule is CNC(=O)c1cnn2c(C3CCCN3Cc3cccc4[nH]ccc34)ccnc12. The molecule has 0 radical (unpaired) electrons. The number of aromatic nitrogens is 4. The van der Waals surface area contributed by atoms with Crippen LogP contribution in [-0.4, -0.2) is 44.0 Å². The van der Waals surface area contributed by atoms with Crippen molar-refractivity contribution >= 4 is 22.5 Å². The minimum atomic E-state index is -0.165. The van der Waals surface area contributed by atoms with Crippen LogP contribution in [0.4, 0.5) is 0 Å². The van der Waals surface area contributed by atoms with Crippen LogP contribution in [0.5, 0.6) is 0 Å². The number of H-pyrrole nitrogens is 1. The minimum Gasteiger partial charge on any atom is -0.361 e. The number of hydrogen-bond donors (Lipinski definition) is 2. The van der Waals surface area contributed by atoms with Gasteiger partial charge in [-0.25, -0.2) is 9.50 Å².